The van der Waals surface area contributed by atoms with E-state index in [1.165, 1.54) is 4.90 Å². The molecule has 6 heteroatoms. The highest BCUT2D eigenvalue weighted by molar-refractivity contribution is 4.98. The summed E-state index contributed by atoms with van der Waals surface area (Å²) in [5.74, 6) is -0.0311. The van der Waals surface area contributed by atoms with E-state index in [2.05, 4.69) is 0 Å². The molecule has 0 spiro atoms. The standard InChI is InChI=1S/C12H21F3N2O/c13-12(14,15)10(7-16)17-6-5-11(18)4-2-1-3-9(11)8-17/h9-10,18H,1-8,16H2. The van der Waals surface area contributed by atoms with Crippen LogP contribution in [0.5, 0.6) is 0 Å². The average Bonchev–Trinajstić information content (AvgIpc) is 2.28. The Balaban J connectivity index is 2.06. The summed E-state index contributed by atoms with van der Waals surface area (Å²) in [7, 11) is 0. The Bertz CT molecular complexity index is 298. The topological polar surface area (TPSA) is 49.5 Å². The maximum Gasteiger partial charge on any atom is 0.405 e. The molecule has 0 amide bonds. The third kappa shape index (κ3) is 2.65. The molecular weight excluding hydrogens is 245 g/mol. The van der Waals surface area contributed by atoms with Gasteiger partial charge >= 0.3 is 6.18 Å². The second-order valence-electron chi connectivity index (χ2n) is 5.58. The monoisotopic (exact) mass is 266 g/mol. The van der Waals surface area contributed by atoms with E-state index in [0.29, 0.717) is 13.0 Å². The van der Waals surface area contributed by atoms with Gasteiger partial charge in [0.25, 0.3) is 0 Å². The van der Waals surface area contributed by atoms with Crippen molar-refractivity contribution in [3.05, 3.63) is 0 Å². The van der Waals surface area contributed by atoms with Gasteiger partial charge < -0.3 is 10.8 Å². The Morgan fingerprint density at radius 2 is 2.06 bits per heavy atom. The number of rotatable bonds is 2. The smallest absolute Gasteiger partial charge is 0.390 e. The van der Waals surface area contributed by atoms with Crippen molar-refractivity contribution >= 4 is 0 Å². The Hall–Kier alpha value is -0.330. The summed E-state index contributed by atoms with van der Waals surface area (Å²) in [4.78, 5) is 1.41. The molecule has 3 nitrogen and oxygen atoms in total. The Morgan fingerprint density at radius 3 is 2.67 bits per heavy atom. The van der Waals surface area contributed by atoms with Gasteiger partial charge in [-0.2, -0.15) is 13.2 Å². The second-order valence-corrected chi connectivity index (χ2v) is 5.58. The fourth-order valence-electron chi connectivity index (χ4n) is 3.37. The normalized spacial score (nSPS) is 36.2. The first-order valence-electron chi connectivity index (χ1n) is 6.60. The molecule has 0 bridgehead atoms. The van der Waals surface area contributed by atoms with Gasteiger partial charge in [0.15, 0.2) is 0 Å². The van der Waals surface area contributed by atoms with Crippen molar-refractivity contribution in [1.82, 2.24) is 4.90 Å². The van der Waals surface area contributed by atoms with Gasteiger partial charge in [0.05, 0.1) is 5.60 Å². The summed E-state index contributed by atoms with van der Waals surface area (Å²) in [6.45, 7) is 0.195. The number of nitrogens with zero attached hydrogens (tertiary/aromatic N) is 1. The number of likely N-dealkylation sites (tertiary alicyclic amines) is 1. The van der Waals surface area contributed by atoms with E-state index < -0.39 is 24.4 Å². The van der Waals surface area contributed by atoms with Crippen molar-refractivity contribution in [1.29, 1.82) is 0 Å². The first kappa shape index (κ1) is 14.1. The molecule has 106 valence electrons. The lowest BCUT2D eigenvalue weighted by molar-refractivity contribution is -0.198. The lowest BCUT2D eigenvalue weighted by Gasteiger charge is -2.49. The van der Waals surface area contributed by atoms with Gasteiger partial charge in [0.1, 0.15) is 6.04 Å². The van der Waals surface area contributed by atoms with E-state index >= 15 is 0 Å². The van der Waals surface area contributed by atoms with E-state index in [1.807, 2.05) is 0 Å². The van der Waals surface area contributed by atoms with Crippen LogP contribution in [-0.2, 0) is 0 Å². The van der Waals surface area contributed by atoms with Gasteiger partial charge in [-0.1, -0.05) is 12.8 Å². The molecule has 1 aliphatic heterocycles. The highest BCUT2D eigenvalue weighted by Crippen LogP contribution is 2.41. The van der Waals surface area contributed by atoms with E-state index in [0.717, 1.165) is 25.7 Å². The summed E-state index contributed by atoms with van der Waals surface area (Å²) in [5.41, 5.74) is 4.53. The fourth-order valence-corrected chi connectivity index (χ4v) is 3.37. The van der Waals surface area contributed by atoms with Crippen molar-refractivity contribution in [2.45, 2.75) is 49.9 Å². The molecule has 2 fully saturated rings. The number of nitrogens with two attached hydrogens (primary N) is 1. The molecule has 3 unspecified atom stereocenters. The first-order chi connectivity index (χ1) is 8.37. The van der Waals surface area contributed by atoms with Crippen LogP contribution >= 0.6 is 0 Å². The highest BCUT2D eigenvalue weighted by atomic mass is 19.4. The summed E-state index contributed by atoms with van der Waals surface area (Å²) in [6, 6.07) is -1.57. The molecule has 0 aromatic heterocycles. The average molecular weight is 266 g/mol. The fraction of sp³-hybridized carbons (Fsp3) is 1.00. The Labute approximate surface area is 105 Å². The summed E-state index contributed by atoms with van der Waals surface area (Å²) in [6.07, 6.45) is -0.317. The maximum absolute atomic E-state index is 12.8. The van der Waals surface area contributed by atoms with Crippen molar-refractivity contribution < 1.29 is 18.3 Å². The van der Waals surface area contributed by atoms with Gasteiger partial charge in [-0.15, -0.1) is 0 Å². The van der Waals surface area contributed by atoms with Crippen LogP contribution in [0.15, 0.2) is 0 Å². The summed E-state index contributed by atoms with van der Waals surface area (Å²) < 4.78 is 38.5. The lowest BCUT2D eigenvalue weighted by Crippen LogP contribution is -2.60. The molecule has 1 saturated carbocycles. The number of fused-ring (bicyclic) bond motifs is 1. The van der Waals surface area contributed by atoms with Crippen molar-refractivity contribution in [2.75, 3.05) is 19.6 Å². The molecule has 2 rings (SSSR count). The number of halogens is 3. The zero-order valence-electron chi connectivity index (χ0n) is 10.4. The van der Waals surface area contributed by atoms with Gasteiger partial charge in [0, 0.05) is 25.6 Å². The molecule has 0 aromatic rings. The third-order valence-electron chi connectivity index (χ3n) is 4.50. The predicted molar refractivity (Wildman–Crippen MR) is 62.0 cm³/mol. The van der Waals surface area contributed by atoms with Crippen LogP contribution in [0.2, 0.25) is 0 Å². The lowest BCUT2D eigenvalue weighted by atomic mass is 9.71. The molecule has 2 aliphatic rings. The number of hydrogen-bond acceptors (Lipinski definition) is 3. The van der Waals surface area contributed by atoms with E-state index in [1.54, 1.807) is 0 Å². The van der Waals surface area contributed by atoms with Crippen LogP contribution in [0.3, 0.4) is 0 Å². The molecule has 0 aromatic carbocycles. The van der Waals surface area contributed by atoms with Gasteiger partial charge in [-0.05, 0) is 19.3 Å². The highest BCUT2D eigenvalue weighted by Gasteiger charge is 2.49. The summed E-state index contributed by atoms with van der Waals surface area (Å²) >= 11 is 0. The molecule has 1 heterocycles. The van der Waals surface area contributed by atoms with E-state index in [9.17, 15) is 18.3 Å². The summed E-state index contributed by atoms with van der Waals surface area (Å²) in [5, 5.41) is 10.4. The van der Waals surface area contributed by atoms with E-state index in [-0.39, 0.29) is 12.5 Å². The molecule has 3 atom stereocenters. The van der Waals surface area contributed by atoms with Crippen LogP contribution in [0.25, 0.3) is 0 Å². The van der Waals surface area contributed by atoms with Gasteiger partial charge in [-0.25, -0.2) is 0 Å². The molecule has 1 aliphatic carbocycles. The van der Waals surface area contributed by atoms with Crippen molar-refractivity contribution in [2.24, 2.45) is 11.7 Å². The van der Waals surface area contributed by atoms with Gasteiger partial charge in [-0.3, -0.25) is 4.90 Å². The van der Waals surface area contributed by atoms with Crippen LogP contribution < -0.4 is 5.73 Å². The molecular formula is C12H21F3N2O. The number of aliphatic hydroxyl groups is 1. The second kappa shape index (κ2) is 4.98. The predicted octanol–water partition coefficient (Wildman–Crippen LogP) is 1.50. The van der Waals surface area contributed by atoms with Crippen LogP contribution in [0.4, 0.5) is 13.2 Å². The van der Waals surface area contributed by atoms with Crippen LogP contribution in [-0.4, -0.2) is 47.5 Å². The molecule has 18 heavy (non-hydrogen) atoms. The van der Waals surface area contributed by atoms with Gasteiger partial charge in [0.2, 0.25) is 0 Å². The van der Waals surface area contributed by atoms with E-state index in [4.69, 9.17) is 5.73 Å². The zero-order valence-corrected chi connectivity index (χ0v) is 10.4. The van der Waals surface area contributed by atoms with Crippen LogP contribution in [0.1, 0.15) is 32.1 Å². The minimum Gasteiger partial charge on any atom is -0.390 e. The number of piperidine rings is 1. The quantitative estimate of drug-likeness (QED) is 0.796. The number of alkyl halides is 3. The first-order valence-corrected chi connectivity index (χ1v) is 6.60. The zero-order chi connectivity index (χ0) is 13.4. The minimum atomic E-state index is -4.28. The SMILES string of the molecule is NCC(N1CCC2(O)CCCCC2C1)C(F)(F)F. The molecule has 3 N–H and O–H groups in total. The van der Waals surface area contributed by atoms with Crippen molar-refractivity contribution in [3.63, 3.8) is 0 Å². The maximum atomic E-state index is 12.8. The minimum absolute atomic E-state index is 0.0311. The number of hydrogen-bond donors (Lipinski definition) is 2. The largest absolute Gasteiger partial charge is 0.405 e. The Kier molecular flexibility index (Phi) is 3.90. The third-order valence-corrected chi connectivity index (χ3v) is 4.50. The van der Waals surface area contributed by atoms with Crippen molar-refractivity contribution in [3.8, 4) is 0 Å². The van der Waals surface area contributed by atoms with Crippen LogP contribution in [0, 0.1) is 5.92 Å². The Morgan fingerprint density at radius 1 is 1.33 bits per heavy atom. The molecule has 1 saturated heterocycles. The molecule has 0 radical (unpaired) electrons.